The van der Waals surface area contributed by atoms with Gasteiger partial charge in [0.15, 0.2) is 0 Å². The van der Waals surface area contributed by atoms with Gasteiger partial charge in [-0.05, 0) is 48.6 Å². The van der Waals surface area contributed by atoms with Crippen molar-refractivity contribution in [1.82, 2.24) is 0 Å². The average molecular weight is 300 g/mol. The Morgan fingerprint density at radius 2 is 2.14 bits per heavy atom. The fourth-order valence-electron chi connectivity index (χ4n) is 2.70. The molecule has 3 N–H and O–H groups in total. The van der Waals surface area contributed by atoms with E-state index in [2.05, 4.69) is 30.4 Å². The number of benzene rings is 1. The van der Waals surface area contributed by atoms with Crippen LogP contribution in [0, 0.1) is 0 Å². The van der Waals surface area contributed by atoms with Crippen LogP contribution in [0.1, 0.15) is 46.7 Å². The van der Waals surface area contributed by atoms with Crippen LogP contribution in [0.5, 0.6) is 0 Å². The average Bonchev–Trinajstić information content (AvgIpc) is 2.89. The van der Waals surface area contributed by atoms with Gasteiger partial charge >= 0.3 is 0 Å². The number of fused-ring (bicyclic) bond motifs is 1. The molecular formula is C17H20N2OS. The molecule has 1 aromatic heterocycles. The number of amides is 1. The first-order chi connectivity index (χ1) is 10.2. The predicted molar refractivity (Wildman–Crippen MR) is 87.7 cm³/mol. The molecule has 1 aliphatic rings. The molecule has 2 heterocycles. The largest absolute Gasteiger partial charge is 0.326 e. The first-order valence-electron chi connectivity index (χ1n) is 7.44. The van der Waals surface area contributed by atoms with Crippen LogP contribution in [0.4, 0.5) is 5.69 Å². The van der Waals surface area contributed by atoms with Gasteiger partial charge in [-0.25, -0.2) is 0 Å². The first-order valence-corrected chi connectivity index (χ1v) is 8.26. The summed E-state index contributed by atoms with van der Waals surface area (Å²) in [5, 5.41) is 2.96. The second kappa shape index (κ2) is 6.00. The molecule has 0 radical (unpaired) electrons. The molecule has 0 saturated heterocycles. The molecule has 0 spiro atoms. The van der Waals surface area contributed by atoms with Crippen LogP contribution in [-0.2, 0) is 17.6 Å². The number of thiophene rings is 1. The van der Waals surface area contributed by atoms with Crippen LogP contribution in [0.2, 0.25) is 0 Å². The Hall–Kier alpha value is -1.65. The number of carbonyl (C=O) groups excluding carboxylic acids is 1. The summed E-state index contributed by atoms with van der Waals surface area (Å²) in [7, 11) is 0. The Morgan fingerprint density at radius 1 is 1.29 bits per heavy atom. The third-order valence-corrected chi connectivity index (χ3v) is 5.26. The van der Waals surface area contributed by atoms with Crippen LogP contribution in [-0.4, -0.2) is 5.91 Å². The van der Waals surface area contributed by atoms with Crippen molar-refractivity contribution in [2.75, 3.05) is 5.32 Å². The maximum absolute atomic E-state index is 11.6. The van der Waals surface area contributed by atoms with Gasteiger partial charge in [0.25, 0.3) is 0 Å². The van der Waals surface area contributed by atoms with Gasteiger partial charge < -0.3 is 11.1 Å². The molecule has 3 nitrogen and oxygen atoms in total. The Morgan fingerprint density at radius 3 is 2.90 bits per heavy atom. The molecule has 1 aromatic carbocycles. The standard InChI is InChI=1S/C17H20N2OS/c1-2-13-7-9-15(21-13)17(18)12-6-8-14-11(10-12)4-3-5-16(20)19-14/h6-10,17H,2-5,18H2,1H3,(H,19,20). The highest BCUT2D eigenvalue weighted by Gasteiger charge is 2.16. The fourth-order valence-corrected chi connectivity index (χ4v) is 3.69. The van der Waals surface area contributed by atoms with Crippen LogP contribution >= 0.6 is 11.3 Å². The van der Waals surface area contributed by atoms with E-state index < -0.39 is 0 Å². The summed E-state index contributed by atoms with van der Waals surface area (Å²) in [5.74, 6) is 0.108. The van der Waals surface area contributed by atoms with E-state index in [0.29, 0.717) is 6.42 Å². The molecule has 3 rings (SSSR count). The second-order valence-electron chi connectivity index (χ2n) is 5.45. The molecular weight excluding hydrogens is 280 g/mol. The molecule has 21 heavy (non-hydrogen) atoms. The minimum Gasteiger partial charge on any atom is -0.326 e. The lowest BCUT2D eigenvalue weighted by molar-refractivity contribution is -0.116. The Balaban J connectivity index is 1.89. The molecule has 1 atom stereocenters. The number of hydrogen-bond acceptors (Lipinski definition) is 3. The van der Waals surface area contributed by atoms with Gasteiger partial charge in [0, 0.05) is 21.9 Å². The van der Waals surface area contributed by atoms with Gasteiger partial charge in [0.2, 0.25) is 5.91 Å². The van der Waals surface area contributed by atoms with Crippen molar-refractivity contribution in [3.8, 4) is 0 Å². The number of rotatable bonds is 3. The molecule has 0 fully saturated rings. The second-order valence-corrected chi connectivity index (χ2v) is 6.65. The van der Waals surface area contributed by atoms with Gasteiger partial charge in [-0.2, -0.15) is 0 Å². The normalized spacial score (nSPS) is 16.0. The summed E-state index contributed by atoms with van der Waals surface area (Å²) < 4.78 is 0. The van der Waals surface area contributed by atoms with E-state index in [1.807, 2.05) is 12.1 Å². The van der Waals surface area contributed by atoms with E-state index in [1.54, 1.807) is 11.3 Å². The number of nitrogens with one attached hydrogen (secondary N) is 1. The van der Waals surface area contributed by atoms with Gasteiger partial charge in [-0.3, -0.25) is 4.79 Å². The van der Waals surface area contributed by atoms with Crippen molar-refractivity contribution in [2.45, 2.75) is 38.6 Å². The third-order valence-electron chi connectivity index (χ3n) is 3.95. The topological polar surface area (TPSA) is 55.1 Å². The number of hydrogen-bond donors (Lipinski definition) is 2. The summed E-state index contributed by atoms with van der Waals surface area (Å²) in [6, 6.07) is 10.4. The minimum atomic E-state index is -0.0837. The van der Waals surface area contributed by atoms with Crippen molar-refractivity contribution in [1.29, 1.82) is 0 Å². The lowest BCUT2D eigenvalue weighted by atomic mass is 9.99. The summed E-state index contributed by atoms with van der Waals surface area (Å²) in [5.41, 5.74) is 9.66. The smallest absolute Gasteiger partial charge is 0.224 e. The number of anilines is 1. The summed E-state index contributed by atoms with van der Waals surface area (Å²) in [4.78, 5) is 14.1. The molecule has 4 heteroatoms. The van der Waals surface area contributed by atoms with Crippen molar-refractivity contribution in [3.05, 3.63) is 51.2 Å². The van der Waals surface area contributed by atoms with Crippen LogP contribution in [0.25, 0.3) is 0 Å². The predicted octanol–water partition coefficient (Wildman–Crippen LogP) is 3.63. The molecule has 0 saturated carbocycles. The van der Waals surface area contributed by atoms with Crippen molar-refractivity contribution < 1.29 is 4.79 Å². The molecule has 0 bridgehead atoms. The van der Waals surface area contributed by atoms with E-state index in [4.69, 9.17) is 5.73 Å². The Labute approximate surface area is 129 Å². The zero-order valence-electron chi connectivity index (χ0n) is 12.2. The van der Waals surface area contributed by atoms with Gasteiger partial charge in [0.05, 0.1) is 6.04 Å². The van der Waals surface area contributed by atoms with Crippen LogP contribution in [0.3, 0.4) is 0 Å². The Bertz CT molecular complexity index is 663. The molecule has 110 valence electrons. The highest BCUT2D eigenvalue weighted by Crippen LogP contribution is 2.30. The van der Waals surface area contributed by atoms with E-state index >= 15 is 0 Å². The van der Waals surface area contributed by atoms with E-state index in [1.165, 1.54) is 15.3 Å². The van der Waals surface area contributed by atoms with Crippen LogP contribution in [0.15, 0.2) is 30.3 Å². The minimum absolute atomic E-state index is 0.0837. The van der Waals surface area contributed by atoms with E-state index in [-0.39, 0.29) is 11.9 Å². The molecule has 0 aliphatic carbocycles. The van der Waals surface area contributed by atoms with Crippen molar-refractivity contribution in [2.24, 2.45) is 5.73 Å². The van der Waals surface area contributed by atoms with Crippen molar-refractivity contribution in [3.63, 3.8) is 0 Å². The lowest BCUT2D eigenvalue weighted by Crippen LogP contribution is -2.12. The Kier molecular flexibility index (Phi) is 4.08. The highest BCUT2D eigenvalue weighted by atomic mass is 32.1. The molecule has 2 aromatic rings. The summed E-state index contributed by atoms with van der Waals surface area (Å²) in [6.07, 6.45) is 3.48. The quantitative estimate of drug-likeness (QED) is 0.909. The zero-order chi connectivity index (χ0) is 14.8. The maximum atomic E-state index is 11.6. The molecule has 1 aliphatic heterocycles. The van der Waals surface area contributed by atoms with Gasteiger partial charge in [0.1, 0.15) is 0 Å². The monoisotopic (exact) mass is 300 g/mol. The number of nitrogens with two attached hydrogens (primary N) is 1. The van der Waals surface area contributed by atoms with Crippen molar-refractivity contribution >= 4 is 22.9 Å². The zero-order valence-corrected chi connectivity index (χ0v) is 13.0. The first kappa shape index (κ1) is 14.3. The summed E-state index contributed by atoms with van der Waals surface area (Å²) in [6.45, 7) is 2.16. The fraction of sp³-hybridized carbons (Fsp3) is 0.353. The number of aryl methyl sites for hydroxylation is 2. The molecule has 1 amide bonds. The van der Waals surface area contributed by atoms with E-state index in [0.717, 1.165) is 30.5 Å². The maximum Gasteiger partial charge on any atom is 0.224 e. The van der Waals surface area contributed by atoms with Gasteiger partial charge in [-0.1, -0.05) is 19.1 Å². The molecule has 1 unspecified atom stereocenters. The summed E-state index contributed by atoms with van der Waals surface area (Å²) >= 11 is 1.78. The van der Waals surface area contributed by atoms with Crippen LogP contribution < -0.4 is 11.1 Å². The third kappa shape index (κ3) is 3.01. The lowest BCUT2D eigenvalue weighted by Gasteiger charge is -2.14. The highest BCUT2D eigenvalue weighted by molar-refractivity contribution is 7.12. The van der Waals surface area contributed by atoms with Gasteiger partial charge in [-0.15, -0.1) is 11.3 Å². The number of carbonyl (C=O) groups is 1. The SMILES string of the molecule is CCc1ccc(C(N)c2ccc3c(c2)CCCC(=O)N3)s1. The van der Waals surface area contributed by atoms with E-state index in [9.17, 15) is 4.79 Å².